The van der Waals surface area contributed by atoms with Crippen molar-refractivity contribution >= 4 is 22.7 Å². The number of hydrogen-bond acceptors (Lipinski definition) is 5. The normalized spacial score (nSPS) is 11.5. The molecule has 0 unspecified atom stereocenters. The summed E-state index contributed by atoms with van der Waals surface area (Å²) in [4.78, 5) is 26.5. The fourth-order valence-electron chi connectivity index (χ4n) is 4.11. The fourth-order valence-corrected chi connectivity index (χ4v) is 4.11. The lowest BCUT2D eigenvalue weighted by molar-refractivity contribution is -0.155. The second kappa shape index (κ2) is 11.9. The first-order chi connectivity index (χ1) is 18.7. The predicted octanol–water partition coefficient (Wildman–Crippen LogP) is 7.14. The summed E-state index contributed by atoms with van der Waals surface area (Å²) in [6, 6.07) is 39.2. The van der Waals surface area contributed by atoms with E-state index in [9.17, 15) is 9.59 Å². The van der Waals surface area contributed by atoms with E-state index in [1.165, 1.54) is 0 Å². The molecule has 0 aliphatic carbocycles. The van der Waals surface area contributed by atoms with Crippen LogP contribution in [0.15, 0.2) is 127 Å². The third-order valence-corrected chi connectivity index (χ3v) is 6.05. The van der Waals surface area contributed by atoms with Gasteiger partial charge in [-0.25, -0.2) is 9.59 Å². The van der Waals surface area contributed by atoms with E-state index in [-0.39, 0.29) is 18.6 Å². The van der Waals surface area contributed by atoms with Crippen LogP contribution in [0.5, 0.6) is 11.5 Å². The van der Waals surface area contributed by atoms with E-state index in [0.29, 0.717) is 11.5 Å². The third-order valence-electron chi connectivity index (χ3n) is 6.05. The molecule has 0 bridgehead atoms. The molecular weight excluding hydrogens is 476 g/mol. The van der Waals surface area contributed by atoms with Crippen molar-refractivity contribution in [1.82, 2.24) is 0 Å². The molecule has 5 aromatic carbocycles. The SMILES string of the molecule is O=C(O[C@H](Cc1ccc2ccccc2c1)C(=O)OCc1ccccc1)c1ccccc1Oc1ccccc1. The maximum Gasteiger partial charge on any atom is 0.348 e. The molecule has 188 valence electrons. The molecule has 5 aromatic rings. The van der Waals surface area contributed by atoms with Crippen LogP contribution in [0.3, 0.4) is 0 Å². The molecule has 0 heterocycles. The number of rotatable bonds is 9. The lowest BCUT2D eigenvalue weighted by atomic mass is 10.0. The molecule has 0 radical (unpaired) electrons. The van der Waals surface area contributed by atoms with Crippen molar-refractivity contribution in [3.05, 3.63) is 144 Å². The highest BCUT2D eigenvalue weighted by Gasteiger charge is 2.27. The Kier molecular flexibility index (Phi) is 7.75. The first-order valence-corrected chi connectivity index (χ1v) is 12.4. The summed E-state index contributed by atoms with van der Waals surface area (Å²) in [5.41, 5.74) is 1.92. The van der Waals surface area contributed by atoms with Gasteiger partial charge in [-0.1, -0.05) is 103 Å². The lowest BCUT2D eigenvalue weighted by Crippen LogP contribution is -2.31. The van der Waals surface area contributed by atoms with Gasteiger partial charge in [0.25, 0.3) is 0 Å². The van der Waals surface area contributed by atoms with Gasteiger partial charge in [0.15, 0.2) is 0 Å². The van der Waals surface area contributed by atoms with Crippen molar-refractivity contribution in [2.75, 3.05) is 0 Å². The summed E-state index contributed by atoms with van der Waals surface area (Å²) < 4.78 is 17.3. The van der Waals surface area contributed by atoms with Crippen molar-refractivity contribution in [1.29, 1.82) is 0 Å². The zero-order valence-corrected chi connectivity index (χ0v) is 20.7. The Bertz CT molecular complexity index is 1530. The summed E-state index contributed by atoms with van der Waals surface area (Å²) in [5, 5.41) is 2.12. The van der Waals surface area contributed by atoms with E-state index >= 15 is 0 Å². The minimum atomic E-state index is -1.14. The Hall–Kier alpha value is -4.90. The van der Waals surface area contributed by atoms with Gasteiger partial charge in [-0.2, -0.15) is 0 Å². The number of esters is 2. The van der Waals surface area contributed by atoms with Crippen LogP contribution >= 0.6 is 0 Å². The van der Waals surface area contributed by atoms with E-state index in [4.69, 9.17) is 14.2 Å². The van der Waals surface area contributed by atoms with Gasteiger partial charge in [0.1, 0.15) is 23.7 Å². The molecule has 38 heavy (non-hydrogen) atoms. The molecule has 0 amide bonds. The number of benzene rings is 5. The van der Waals surface area contributed by atoms with Gasteiger partial charge < -0.3 is 14.2 Å². The van der Waals surface area contributed by atoms with Gasteiger partial charge in [-0.05, 0) is 46.2 Å². The Balaban J connectivity index is 1.38. The number of carbonyl (C=O) groups excluding carboxylic acids is 2. The first-order valence-electron chi connectivity index (χ1n) is 12.4. The van der Waals surface area contributed by atoms with Crippen LogP contribution in [-0.2, 0) is 27.3 Å². The molecule has 5 rings (SSSR count). The van der Waals surface area contributed by atoms with Gasteiger partial charge in [0.2, 0.25) is 6.10 Å². The average molecular weight is 503 g/mol. The molecule has 5 heteroatoms. The third kappa shape index (κ3) is 6.26. The second-order valence-electron chi connectivity index (χ2n) is 8.78. The van der Waals surface area contributed by atoms with E-state index in [2.05, 4.69) is 0 Å². The van der Waals surface area contributed by atoms with Crippen molar-refractivity contribution in [3.63, 3.8) is 0 Å². The molecule has 1 atom stereocenters. The molecule has 5 nitrogen and oxygen atoms in total. The number of carbonyl (C=O) groups is 2. The van der Waals surface area contributed by atoms with E-state index in [1.807, 2.05) is 91.0 Å². The Morgan fingerprint density at radius 3 is 2.08 bits per heavy atom. The Morgan fingerprint density at radius 1 is 0.632 bits per heavy atom. The predicted molar refractivity (Wildman–Crippen MR) is 146 cm³/mol. The summed E-state index contributed by atoms with van der Waals surface area (Å²) in [6.07, 6.45) is -0.969. The van der Waals surface area contributed by atoms with Crippen LogP contribution in [0.2, 0.25) is 0 Å². The monoisotopic (exact) mass is 502 g/mol. The molecule has 0 fully saturated rings. The van der Waals surface area contributed by atoms with Gasteiger partial charge >= 0.3 is 11.9 Å². The molecule has 0 aromatic heterocycles. The van der Waals surface area contributed by atoms with Crippen LogP contribution in [0.4, 0.5) is 0 Å². The van der Waals surface area contributed by atoms with E-state index in [0.717, 1.165) is 21.9 Å². The zero-order valence-electron chi connectivity index (χ0n) is 20.7. The number of para-hydroxylation sites is 2. The van der Waals surface area contributed by atoms with Crippen LogP contribution < -0.4 is 4.74 Å². The molecule has 0 saturated heterocycles. The van der Waals surface area contributed by atoms with Gasteiger partial charge in [-0.15, -0.1) is 0 Å². The largest absolute Gasteiger partial charge is 0.458 e. The van der Waals surface area contributed by atoms with Crippen LogP contribution in [0.25, 0.3) is 10.8 Å². The van der Waals surface area contributed by atoms with Crippen LogP contribution in [0, 0.1) is 0 Å². The minimum absolute atomic E-state index is 0.0825. The first kappa shape index (κ1) is 24.8. The summed E-state index contributed by atoms with van der Waals surface area (Å²) >= 11 is 0. The van der Waals surface area contributed by atoms with Crippen molar-refractivity contribution in [2.24, 2.45) is 0 Å². The zero-order chi connectivity index (χ0) is 26.2. The van der Waals surface area contributed by atoms with Gasteiger partial charge in [0.05, 0.1) is 0 Å². The van der Waals surface area contributed by atoms with Crippen LogP contribution in [0.1, 0.15) is 21.5 Å². The van der Waals surface area contributed by atoms with Gasteiger partial charge in [0, 0.05) is 6.42 Å². The maximum atomic E-state index is 13.3. The summed E-state index contributed by atoms with van der Waals surface area (Å²) in [6.45, 7) is 0.0825. The quantitative estimate of drug-likeness (QED) is 0.200. The van der Waals surface area contributed by atoms with Crippen molar-refractivity contribution < 1.29 is 23.8 Å². The number of ether oxygens (including phenoxy) is 3. The molecule has 0 aliphatic heterocycles. The molecule has 0 spiro atoms. The fraction of sp³-hybridized carbons (Fsp3) is 0.0909. The minimum Gasteiger partial charge on any atom is -0.458 e. The van der Waals surface area contributed by atoms with Gasteiger partial charge in [-0.3, -0.25) is 0 Å². The standard InChI is InChI=1S/C33H26O5/c34-32(29-17-9-10-18-30(29)37-28-15-5-2-6-16-28)38-31(33(35)36-23-24-11-3-1-4-12-24)22-25-19-20-26-13-7-8-14-27(26)21-25/h1-21,31H,22-23H2/t31-/m1/s1. The summed E-state index contributed by atoms with van der Waals surface area (Å²) in [7, 11) is 0. The van der Waals surface area contributed by atoms with E-state index in [1.54, 1.807) is 36.4 Å². The van der Waals surface area contributed by atoms with Crippen molar-refractivity contribution in [2.45, 2.75) is 19.1 Å². The molecular formula is C33H26O5. The Morgan fingerprint density at radius 2 is 1.29 bits per heavy atom. The Labute approximate surface area is 221 Å². The van der Waals surface area contributed by atoms with E-state index < -0.39 is 18.0 Å². The maximum absolute atomic E-state index is 13.3. The lowest BCUT2D eigenvalue weighted by Gasteiger charge is -2.18. The highest BCUT2D eigenvalue weighted by Crippen LogP contribution is 2.26. The molecule has 0 N–H and O–H groups in total. The average Bonchev–Trinajstić information content (AvgIpc) is 2.97. The second-order valence-corrected chi connectivity index (χ2v) is 8.78. The van der Waals surface area contributed by atoms with Crippen LogP contribution in [-0.4, -0.2) is 18.0 Å². The van der Waals surface area contributed by atoms with Crippen molar-refractivity contribution in [3.8, 4) is 11.5 Å². The topological polar surface area (TPSA) is 61.8 Å². The number of fused-ring (bicyclic) bond motifs is 1. The smallest absolute Gasteiger partial charge is 0.348 e. The summed E-state index contributed by atoms with van der Waals surface area (Å²) in [5.74, 6) is -0.357. The molecule has 0 saturated carbocycles. The molecule has 0 aliphatic rings. The number of hydrogen-bond donors (Lipinski definition) is 0. The highest BCUT2D eigenvalue weighted by molar-refractivity contribution is 5.94. The highest BCUT2D eigenvalue weighted by atomic mass is 16.6.